The van der Waals surface area contributed by atoms with Crippen molar-refractivity contribution >= 4 is 43.5 Å². The van der Waals surface area contributed by atoms with E-state index >= 15 is 0 Å². The standard InChI is InChI=1S/C20H23BrN2O6S/c1-3-28-20(25)17-6-7-18(29-17)30(26,27)23-10-8-14(9-11-23)19(24)22-15-5-4-13(2)16(21)12-15/h4-7,12,14H,3,8-11H2,1-2H3,(H,22,24). The molecule has 1 N–H and O–H groups in total. The van der Waals surface area contributed by atoms with Crippen molar-refractivity contribution in [1.29, 1.82) is 0 Å². The lowest BCUT2D eigenvalue weighted by atomic mass is 9.97. The summed E-state index contributed by atoms with van der Waals surface area (Å²) in [4.78, 5) is 24.3. The Balaban J connectivity index is 1.60. The number of aryl methyl sites for hydroxylation is 1. The van der Waals surface area contributed by atoms with Crippen LogP contribution in [0.5, 0.6) is 0 Å². The van der Waals surface area contributed by atoms with Crippen molar-refractivity contribution in [2.45, 2.75) is 31.8 Å². The predicted octanol–water partition coefficient (Wildman–Crippen LogP) is 3.57. The number of rotatable bonds is 6. The first kappa shape index (κ1) is 22.5. The minimum absolute atomic E-state index is 0.134. The van der Waals surface area contributed by atoms with Crippen molar-refractivity contribution in [2.75, 3.05) is 25.0 Å². The van der Waals surface area contributed by atoms with Gasteiger partial charge in [0.25, 0.3) is 10.0 Å². The van der Waals surface area contributed by atoms with Crippen molar-refractivity contribution in [2.24, 2.45) is 5.92 Å². The number of benzene rings is 1. The number of esters is 1. The quantitative estimate of drug-likeness (QED) is 0.610. The second kappa shape index (κ2) is 9.32. The van der Waals surface area contributed by atoms with Gasteiger partial charge >= 0.3 is 5.97 Å². The Morgan fingerprint density at radius 2 is 1.93 bits per heavy atom. The highest BCUT2D eigenvalue weighted by molar-refractivity contribution is 9.10. The molecular weight excluding hydrogens is 476 g/mol. The van der Waals surface area contributed by atoms with Crippen molar-refractivity contribution < 1.29 is 27.2 Å². The van der Waals surface area contributed by atoms with Gasteiger partial charge in [-0.15, -0.1) is 0 Å². The number of hydrogen-bond donors (Lipinski definition) is 1. The maximum atomic E-state index is 12.8. The van der Waals surface area contributed by atoms with Crippen molar-refractivity contribution in [3.63, 3.8) is 0 Å². The molecule has 1 fully saturated rings. The average molecular weight is 499 g/mol. The summed E-state index contributed by atoms with van der Waals surface area (Å²) in [6.45, 7) is 4.15. The van der Waals surface area contributed by atoms with Crippen LogP contribution in [0.25, 0.3) is 0 Å². The van der Waals surface area contributed by atoms with Crippen LogP contribution in [0.2, 0.25) is 0 Å². The third kappa shape index (κ3) is 4.93. The summed E-state index contributed by atoms with van der Waals surface area (Å²) in [7, 11) is -3.89. The molecule has 0 bridgehead atoms. The normalized spacial score (nSPS) is 15.7. The number of anilines is 1. The molecule has 30 heavy (non-hydrogen) atoms. The van der Waals surface area contributed by atoms with Crippen LogP contribution < -0.4 is 5.32 Å². The number of ether oxygens (including phenoxy) is 1. The van der Waals surface area contributed by atoms with Gasteiger partial charge in [-0.2, -0.15) is 4.31 Å². The largest absolute Gasteiger partial charge is 0.460 e. The first-order valence-electron chi connectivity index (χ1n) is 9.56. The summed E-state index contributed by atoms with van der Waals surface area (Å²) in [5.74, 6) is -1.29. The van der Waals surface area contributed by atoms with Gasteiger partial charge in [-0.1, -0.05) is 22.0 Å². The number of furan rings is 1. The zero-order chi connectivity index (χ0) is 21.9. The predicted molar refractivity (Wildman–Crippen MR) is 114 cm³/mol. The van der Waals surface area contributed by atoms with E-state index in [1.807, 2.05) is 25.1 Å². The SMILES string of the molecule is CCOC(=O)c1ccc(S(=O)(=O)N2CCC(C(=O)Nc3ccc(C)c(Br)c3)CC2)o1. The molecule has 0 spiro atoms. The Kier molecular flexibility index (Phi) is 6.99. The molecule has 1 saturated heterocycles. The Morgan fingerprint density at radius 3 is 2.57 bits per heavy atom. The molecule has 8 nitrogen and oxygen atoms in total. The molecule has 1 aromatic carbocycles. The summed E-state index contributed by atoms with van der Waals surface area (Å²) >= 11 is 3.44. The molecular formula is C20H23BrN2O6S. The minimum Gasteiger partial charge on any atom is -0.460 e. The lowest BCUT2D eigenvalue weighted by molar-refractivity contribution is -0.120. The van der Waals surface area contributed by atoms with Crippen LogP contribution >= 0.6 is 15.9 Å². The number of nitrogens with zero attached hydrogens (tertiary/aromatic N) is 1. The van der Waals surface area contributed by atoms with E-state index in [9.17, 15) is 18.0 Å². The van der Waals surface area contributed by atoms with Crippen LogP contribution in [-0.2, 0) is 19.6 Å². The summed E-state index contributed by atoms with van der Waals surface area (Å²) in [6.07, 6.45) is 0.785. The Hall–Kier alpha value is -2.17. The highest BCUT2D eigenvalue weighted by Crippen LogP contribution is 2.27. The first-order valence-corrected chi connectivity index (χ1v) is 11.8. The van der Waals surface area contributed by atoms with E-state index in [0.717, 1.165) is 10.0 Å². The van der Waals surface area contributed by atoms with Gasteiger partial charge in [0.1, 0.15) is 0 Å². The molecule has 1 aliphatic rings. The summed E-state index contributed by atoms with van der Waals surface area (Å²) in [6, 6.07) is 8.10. The first-order chi connectivity index (χ1) is 14.2. The Labute approximate surface area is 183 Å². The Bertz CT molecular complexity index is 1040. The lowest BCUT2D eigenvalue weighted by Crippen LogP contribution is -2.41. The summed E-state index contributed by atoms with van der Waals surface area (Å²) in [5, 5.41) is 2.58. The fourth-order valence-corrected chi connectivity index (χ4v) is 4.93. The van der Waals surface area contributed by atoms with E-state index in [2.05, 4.69) is 21.2 Å². The van der Waals surface area contributed by atoms with Crippen LogP contribution in [0.3, 0.4) is 0 Å². The van der Waals surface area contributed by atoms with Gasteiger partial charge < -0.3 is 14.5 Å². The number of hydrogen-bond acceptors (Lipinski definition) is 6. The van der Waals surface area contributed by atoms with Crippen molar-refractivity contribution in [1.82, 2.24) is 4.31 Å². The van der Waals surface area contributed by atoms with Crippen molar-refractivity contribution in [3.8, 4) is 0 Å². The van der Waals surface area contributed by atoms with Gasteiger partial charge in [0.15, 0.2) is 0 Å². The maximum absolute atomic E-state index is 12.8. The van der Waals surface area contributed by atoms with Gasteiger partial charge in [0.05, 0.1) is 6.61 Å². The molecule has 1 amide bonds. The number of carbonyl (C=O) groups is 2. The third-order valence-corrected chi connectivity index (χ3v) is 7.54. The number of halogens is 1. The smallest absolute Gasteiger partial charge is 0.374 e. The monoisotopic (exact) mass is 498 g/mol. The number of sulfonamides is 1. The van der Waals surface area contributed by atoms with E-state index in [1.54, 1.807) is 6.92 Å². The fourth-order valence-electron chi connectivity index (χ4n) is 3.17. The summed E-state index contributed by atoms with van der Waals surface area (Å²) in [5.41, 5.74) is 1.75. The molecule has 162 valence electrons. The average Bonchev–Trinajstić information content (AvgIpc) is 3.22. The molecule has 0 radical (unpaired) electrons. The van der Waals surface area contributed by atoms with E-state index in [-0.39, 0.29) is 42.4 Å². The van der Waals surface area contributed by atoms with Crippen molar-refractivity contribution in [3.05, 3.63) is 46.1 Å². The molecule has 10 heteroatoms. The van der Waals surface area contributed by atoms with E-state index in [4.69, 9.17) is 9.15 Å². The Morgan fingerprint density at radius 1 is 1.23 bits per heavy atom. The van der Waals surface area contributed by atoms with Crippen LogP contribution in [-0.4, -0.2) is 44.3 Å². The molecule has 1 aliphatic heterocycles. The third-order valence-electron chi connectivity index (χ3n) is 4.92. The zero-order valence-corrected chi connectivity index (χ0v) is 19.1. The molecule has 1 aromatic heterocycles. The maximum Gasteiger partial charge on any atom is 0.374 e. The number of amides is 1. The van der Waals surface area contributed by atoms with Gasteiger partial charge in [-0.25, -0.2) is 13.2 Å². The number of piperidine rings is 1. The molecule has 2 aromatic rings. The van der Waals surface area contributed by atoms with Crippen LogP contribution in [0, 0.1) is 12.8 Å². The molecule has 3 rings (SSSR count). The zero-order valence-electron chi connectivity index (χ0n) is 16.7. The lowest BCUT2D eigenvalue weighted by Gasteiger charge is -2.29. The van der Waals surface area contributed by atoms with Gasteiger partial charge in [0.2, 0.25) is 16.8 Å². The second-order valence-corrected chi connectivity index (χ2v) is 9.69. The van der Waals surface area contributed by atoms with E-state index < -0.39 is 16.0 Å². The van der Waals surface area contributed by atoms with Gasteiger partial charge in [-0.3, -0.25) is 4.79 Å². The summed E-state index contributed by atoms with van der Waals surface area (Å²) < 4.78 is 37.8. The molecule has 2 heterocycles. The molecule has 0 unspecified atom stereocenters. The minimum atomic E-state index is -3.89. The van der Waals surface area contributed by atoms with E-state index in [1.165, 1.54) is 16.4 Å². The van der Waals surface area contributed by atoms with Gasteiger partial charge in [0, 0.05) is 29.2 Å². The van der Waals surface area contributed by atoms with E-state index in [0.29, 0.717) is 18.5 Å². The highest BCUT2D eigenvalue weighted by Gasteiger charge is 2.34. The topological polar surface area (TPSA) is 106 Å². The fraction of sp³-hybridized carbons (Fsp3) is 0.400. The molecule has 0 aliphatic carbocycles. The molecule has 0 atom stereocenters. The number of carbonyl (C=O) groups excluding carboxylic acids is 2. The number of nitrogens with one attached hydrogen (secondary N) is 1. The van der Waals surface area contributed by atoms with Crippen LogP contribution in [0.15, 0.2) is 44.3 Å². The van der Waals surface area contributed by atoms with Crippen LogP contribution in [0.1, 0.15) is 35.9 Å². The van der Waals surface area contributed by atoms with Crippen LogP contribution in [0.4, 0.5) is 5.69 Å². The molecule has 0 saturated carbocycles. The second-order valence-electron chi connectivity index (χ2n) is 6.97. The van der Waals surface area contributed by atoms with Gasteiger partial charge in [-0.05, 0) is 56.5 Å². The highest BCUT2D eigenvalue weighted by atomic mass is 79.9.